The number of carbonyl (C=O) groups is 2. The zero-order chi connectivity index (χ0) is 17.6. The van der Waals surface area contributed by atoms with Gasteiger partial charge in [0.15, 0.2) is 12.2 Å². The van der Waals surface area contributed by atoms with Gasteiger partial charge in [0.2, 0.25) is 0 Å². The van der Waals surface area contributed by atoms with Crippen LogP contribution in [-0.4, -0.2) is 74.8 Å². The van der Waals surface area contributed by atoms with Crippen molar-refractivity contribution in [1.82, 2.24) is 0 Å². The second kappa shape index (κ2) is 9.14. The van der Waals surface area contributed by atoms with Crippen molar-refractivity contribution < 1.29 is 44.6 Å². The molecule has 9 heteroatoms. The molecule has 5 atom stereocenters. The fourth-order valence-electron chi connectivity index (χ4n) is 2.34. The van der Waals surface area contributed by atoms with E-state index in [9.17, 15) is 24.9 Å². The Labute approximate surface area is 133 Å². The summed E-state index contributed by atoms with van der Waals surface area (Å²) in [7, 11) is 0. The molecule has 0 bridgehead atoms. The van der Waals surface area contributed by atoms with Crippen molar-refractivity contribution in [2.24, 2.45) is 5.92 Å². The maximum absolute atomic E-state index is 10.9. The lowest BCUT2D eigenvalue weighted by atomic mass is 9.91. The van der Waals surface area contributed by atoms with E-state index in [4.69, 9.17) is 19.7 Å². The quantitative estimate of drug-likeness (QED) is 0.268. The molecule has 0 radical (unpaired) electrons. The molecule has 9 nitrogen and oxygen atoms in total. The summed E-state index contributed by atoms with van der Waals surface area (Å²) in [4.78, 5) is 21.9. The molecular weight excluding hydrogens is 312 g/mol. The number of hydrogen-bond acceptors (Lipinski definition) is 7. The summed E-state index contributed by atoms with van der Waals surface area (Å²) < 4.78 is 10.6. The van der Waals surface area contributed by atoms with E-state index in [1.807, 2.05) is 6.92 Å². The number of aliphatic hydroxyl groups excluding tert-OH is 3. The van der Waals surface area contributed by atoms with Crippen molar-refractivity contribution >= 4 is 11.9 Å². The highest BCUT2D eigenvalue weighted by atomic mass is 16.7. The van der Waals surface area contributed by atoms with Gasteiger partial charge in [-0.2, -0.15) is 0 Å². The van der Waals surface area contributed by atoms with Crippen LogP contribution in [0.1, 0.15) is 32.6 Å². The Balaban J connectivity index is 2.70. The van der Waals surface area contributed by atoms with Gasteiger partial charge in [-0.15, -0.1) is 0 Å². The summed E-state index contributed by atoms with van der Waals surface area (Å²) in [5.74, 6) is -4.94. The average Bonchev–Trinajstić information content (AvgIpc) is 2.49. The van der Waals surface area contributed by atoms with Crippen LogP contribution in [0.15, 0.2) is 0 Å². The molecule has 0 spiro atoms. The molecule has 0 aliphatic carbocycles. The molecule has 0 aromatic carbocycles. The lowest BCUT2D eigenvalue weighted by Crippen LogP contribution is -2.59. The third-order valence-corrected chi connectivity index (χ3v) is 3.76. The Morgan fingerprint density at radius 2 is 1.65 bits per heavy atom. The smallest absolute Gasteiger partial charge is 0.317 e. The van der Waals surface area contributed by atoms with Crippen molar-refractivity contribution in [2.75, 3.05) is 6.61 Å². The molecule has 1 fully saturated rings. The minimum absolute atomic E-state index is 0.256. The summed E-state index contributed by atoms with van der Waals surface area (Å²) in [6.45, 7) is 2.26. The highest BCUT2D eigenvalue weighted by Crippen LogP contribution is 2.26. The fraction of sp³-hybridized carbons (Fsp3) is 0.857. The molecular formula is C14H24O9. The predicted octanol–water partition coefficient (Wildman–Crippen LogP) is -0.824. The van der Waals surface area contributed by atoms with Crippen LogP contribution in [0.5, 0.6) is 0 Å². The predicted molar refractivity (Wildman–Crippen MR) is 75.5 cm³/mol. The van der Waals surface area contributed by atoms with Crippen LogP contribution in [0.25, 0.3) is 0 Å². The van der Waals surface area contributed by atoms with Crippen LogP contribution >= 0.6 is 0 Å². The minimum atomic E-state index is -1.79. The fourth-order valence-corrected chi connectivity index (χ4v) is 2.34. The number of carboxylic acids is 2. The lowest BCUT2D eigenvalue weighted by molar-refractivity contribution is -0.299. The van der Waals surface area contributed by atoms with Crippen molar-refractivity contribution in [3.63, 3.8) is 0 Å². The minimum Gasteiger partial charge on any atom is -0.481 e. The molecule has 0 aromatic rings. The van der Waals surface area contributed by atoms with E-state index in [0.29, 0.717) is 6.42 Å². The zero-order valence-electron chi connectivity index (χ0n) is 12.9. The largest absolute Gasteiger partial charge is 0.481 e. The highest BCUT2D eigenvalue weighted by Gasteiger charge is 2.46. The summed E-state index contributed by atoms with van der Waals surface area (Å²) in [6.07, 6.45) is -5.24. The first-order valence-electron chi connectivity index (χ1n) is 7.56. The first kappa shape index (κ1) is 19.8. The van der Waals surface area contributed by atoms with E-state index >= 15 is 0 Å². The topological polar surface area (TPSA) is 154 Å². The van der Waals surface area contributed by atoms with Gasteiger partial charge in [0.1, 0.15) is 18.3 Å². The summed E-state index contributed by atoms with van der Waals surface area (Å²) in [5.41, 5.74) is 0. The van der Waals surface area contributed by atoms with Gasteiger partial charge in [-0.05, 0) is 6.42 Å². The van der Waals surface area contributed by atoms with Gasteiger partial charge in [0.25, 0.3) is 0 Å². The van der Waals surface area contributed by atoms with Crippen LogP contribution in [-0.2, 0) is 19.1 Å². The van der Waals surface area contributed by atoms with Crippen molar-refractivity contribution in [2.45, 2.75) is 63.3 Å². The van der Waals surface area contributed by atoms with Crippen LogP contribution in [0, 0.1) is 5.92 Å². The van der Waals surface area contributed by atoms with Gasteiger partial charge in [0, 0.05) is 13.0 Å². The first-order valence-corrected chi connectivity index (χ1v) is 7.56. The third kappa shape index (κ3) is 5.40. The molecule has 23 heavy (non-hydrogen) atoms. The molecule has 5 unspecified atom stereocenters. The maximum atomic E-state index is 10.9. The Kier molecular flexibility index (Phi) is 7.86. The highest BCUT2D eigenvalue weighted by molar-refractivity contribution is 5.92. The van der Waals surface area contributed by atoms with Crippen LogP contribution < -0.4 is 0 Å². The monoisotopic (exact) mass is 336 g/mol. The number of aliphatic hydroxyl groups is 3. The van der Waals surface area contributed by atoms with E-state index < -0.39 is 55.0 Å². The Morgan fingerprint density at radius 1 is 1.04 bits per heavy atom. The standard InChI is InChI=1S/C14H24O9/c1-2-3-4-5-22-14-11(17)10(16)9(15)8(23-14)6-7(12(18)19)13(20)21/h7-11,14-17H,2-6H2,1H3,(H,18,19)(H,20,21). The van der Waals surface area contributed by atoms with Gasteiger partial charge in [-0.1, -0.05) is 19.8 Å². The molecule has 1 aliphatic heterocycles. The van der Waals surface area contributed by atoms with Crippen molar-refractivity contribution in [1.29, 1.82) is 0 Å². The van der Waals surface area contributed by atoms with Crippen LogP contribution in [0.2, 0.25) is 0 Å². The Morgan fingerprint density at radius 3 is 2.17 bits per heavy atom. The molecule has 1 aliphatic rings. The second-order valence-electron chi connectivity index (χ2n) is 5.56. The molecule has 0 saturated carbocycles. The molecule has 0 amide bonds. The summed E-state index contributed by atoms with van der Waals surface area (Å²) >= 11 is 0. The lowest BCUT2D eigenvalue weighted by Gasteiger charge is -2.40. The molecule has 5 N–H and O–H groups in total. The van der Waals surface area contributed by atoms with E-state index in [2.05, 4.69) is 0 Å². The van der Waals surface area contributed by atoms with Gasteiger partial charge >= 0.3 is 11.9 Å². The van der Waals surface area contributed by atoms with Gasteiger partial charge < -0.3 is 35.0 Å². The van der Waals surface area contributed by atoms with E-state index in [1.165, 1.54) is 0 Å². The number of carboxylic acid groups (broad SMARTS) is 2. The van der Waals surface area contributed by atoms with E-state index in [1.54, 1.807) is 0 Å². The zero-order valence-corrected chi connectivity index (χ0v) is 12.9. The number of aliphatic carboxylic acids is 2. The number of ether oxygens (including phenoxy) is 2. The molecule has 1 saturated heterocycles. The summed E-state index contributed by atoms with van der Waals surface area (Å²) in [5, 5.41) is 47.3. The van der Waals surface area contributed by atoms with E-state index in [-0.39, 0.29) is 6.61 Å². The van der Waals surface area contributed by atoms with Crippen molar-refractivity contribution in [3.8, 4) is 0 Å². The maximum Gasteiger partial charge on any atom is 0.317 e. The van der Waals surface area contributed by atoms with Gasteiger partial charge in [-0.25, -0.2) is 0 Å². The normalized spacial score (nSPS) is 31.3. The third-order valence-electron chi connectivity index (χ3n) is 3.76. The van der Waals surface area contributed by atoms with Crippen LogP contribution in [0.3, 0.4) is 0 Å². The molecule has 0 aromatic heterocycles. The van der Waals surface area contributed by atoms with E-state index in [0.717, 1.165) is 12.8 Å². The Hall–Kier alpha value is -1.26. The second-order valence-corrected chi connectivity index (χ2v) is 5.56. The number of rotatable bonds is 9. The number of hydrogen-bond donors (Lipinski definition) is 5. The van der Waals surface area contributed by atoms with Crippen LogP contribution in [0.4, 0.5) is 0 Å². The number of unbranched alkanes of at least 4 members (excludes halogenated alkanes) is 2. The molecule has 1 rings (SSSR count). The first-order chi connectivity index (χ1) is 10.8. The SMILES string of the molecule is CCCCCOC1OC(CC(C(=O)O)C(=O)O)C(O)C(O)C1O. The Bertz CT molecular complexity index is 386. The van der Waals surface area contributed by atoms with Gasteiger partial charge in [0.05, 0.1) is 6.10 Å². The van der Waals surface area contributed by atoms with Crippen molar-refractivity contribution in [3.05, 3.63) is 0 Å². The molecule has 1 heterocycles. The average molecular weight is 336 g/mol. The van der Waals surface area contributed by atoms with Gasteiger partial charge in [-0.3, -0.25) is 9.59 Å². The summed E-state index contributed by atoms with van der Waals surface area (Å²) in [6, 6.07) is 0. The molecule has 134 valence electrons.